The average Bonchev–Trinajstić information content (AvgIpc) is 3.35. The van der Waals surface area contributed by atoms with Crippen LogP contribution in [0.15, 0.2) is 77.8 Å². The van der Waals surface area contributed by atoms with Gasteiger partial charge in [0.1, 0.15) is 5.70 Å². The first-order chi connectivity index (χ1) is 14.5. The molecule has 0 aliphatic carbocycles. The third-order valence-electron chi connectivity index (χ3n) is 5.09. The number of thiophene rings is 1. The van der Waals surface area contributed by atoms with Crippen LogP contribution in [0.2, 0.25) is 5.02 Å². The molecule has 4 nitrogen and oxygen atoms in total. The molecule has 2 heterocycles. The third kappa shape index (κ3) is 4.18. The summed E-state index contributed by atoms with van der Waals surface area (Å²) in [5, 5.41) is 2.59. The number of halogens is 1. The molecule has 0 fully saturated rings. The van der Waals surface area contributed by atoms with Gasteiger partial charge in [-0.1, -0.05) is 60.1 Å². The standard InChI is InChI=1S/C24H21ClN2O2S/c1-26(16-18-6-3-2-4-7-18)22-21(20-8-5-15-30-20)23(28)27(24(22)29)14-13-17-9-11-19(25)12-10-17/h2-12,15H,13-14,16H2,1H3. The Bertz CT molecular complexity index is 1080. The van der Waals surface area contributed by atoms with Crippen LogP contribution in [0.5, 0.6) is 0 Å². The van der Waals surface area contributed by atoms with E-state index in [1.54, 1.807) is 0 Å². The van der Waals surface area contributed by atoms with Crippen molar-refractivity contribution in [1.82, 2.24) is 9.80 Å². The molecule has 3 aromatic rings. The topological polar surface area (TPSA) is 40.6 Å². The second kappa shape index (κ2) is 8.86. The molecule has 0 radical (unpaired) electrons. The molecule has 1 aliphatic rings. The normalized spacial score (nSPS) is 14.0. The molecule has 0 saturated heterocycles. The number of imide groups is 1. The lowest BCUT2D eigenvalue weighted by Gasteiger charge is -2.21. The molecular formula is C24H21ClN2O2S. The molecular weight excluding hydrogens is 416 g/mol. The SMILES string of the molecule is CN(Cc1ccccc1)C1=C(c2cccs2)C(=O)N(CCc2ccc(Cl)cc2)C1=O. The van der Waals surface area contributed by atoms with Gasteiger partial charge in [-0.2, -0.15) is 0 Å². The molecule has 2 aromatic carbocycles. The quantitative estimate of drug-likeness (QED) is 0.497. The van der Waals surface area contributed by atoms with Gasteiger partial charge < -0.3 is 4.90 Å². The van der Waals surface area contributed by atoms with E-state index in [2.05, 4.69) is 0 Å². The first-order valence-corrected chi connectivity index (χ1v) is 10.9. The predicted octanol–water partition coefficient (Wildman–Crippen LogP) is 4.86. The summed E-state index contributed by atoms with van der Waals surface area (Å²) in [7, 11) is 1.86. The van der Waals surface area contributed by atoms with E-state index in [0.29, 0.717) is 35.8 Å². The molecule has 0 saturated carbocycles. The molecule has 0 spiro atoms. The Balaban J connectivity index is 1.60. The van der Waals surface area contributed by atoms with E-state index in [1.165, 1.54) is 16.2 Å². The fourth-order valence-electron chi connectivity index (χ4n) is 3.59. The van der Waals surface area contributed by atoms with Crippen molar-refractivity contribution in [3.8, 4) is 0 Å². The number of hydrogen-bond acceptors (Lipinski definition) is 4. The van der Waals surface area contributed by atoms with Crippen molar-refractivity contribution in [1.29, 1.82) is 0 Å². The highest BCUT2D eigenvalue weighted by molar-refractivity contribution is 7.11. The van der Waals surface area contributed by atoms with Crippen LogP contribution in [0.4, 0.5) is 0 Å². The van der Waals surface area contributed by atoms with Gasteiger partial charge >= 0.3 is 0 Å². The monoisotopic (exact) mass is 436 g/mol. The van der Waals surface area contributed by atoms with Crippen molar-refractivity contribution < 1.29 is 9.59 Å². The van der Waals surface area contributed by atoms with E-state index >= 15 is 0 Å². The lowest BCUT2D eigenvalue weighted by atomic mass is 10.1. The predicted molar refractivity (Wildman–Crippen MR) is 121 cm³/mol. The third-order valence-corrected chi connectivity index (χ3v) is 6.23. The highest BCUT2D eigenvalue weighted by Crippen LogP contribution is 2.34. The van der Waals surface area contributed by atoms with E-state index in [4.69, 9.17) is 11.6 Å². The lowest BCUT2D eigenvalue weighted by Crippen LogP contribution is -2.35. The van der Waals surface area contributed by atoms with Gasteiger partial charge in [0.25, 0.3) is 11.8 Å². The van der Waals surface area contributed by atoms with Gasteiger partial charge in [-0.15, -0.1) is 11.3 Å². The minimum atomic E-state index is -0.240. The summed E-state index contributed by atoms with van der Waals surface area (Å²) in [4.78, 5) is 30.6. The molecule has 0 unspecified atom stereocenters. The molecule has 30 heavy (non-hydrogen) atoms. The summed E-state index contributed by atoms with van der Waals surface area (Å²) in [5.74, 6) is -0.470. The lowest BCUT2D eigenvalue weighted by molar-refractivity contribution is -0.137. The first kappa shape index (κ1) is 20.4. The molecule has 0 N–H and O–H groups in total. The Morgan fingerprint density at radius 3 is 2.30 bits per heavy atom. The molecule has 1 aliphatic heterocycles. The van der Waals surface area contributed by atoms with Crippen LogP contribution in [0.1, 0.15) is 16.0 Å². The van der Waals surface area contributed by atoms with Gasteiger partial charge in [-0.25, -0.2) is 0 Å². The Labute approximate surface area is 185 Å². The van der Waals surface area contributed by atoms with Crippen LogP contribution in [0.25, 0.3) is 5.57 Å². The maximum Gasteiger partial charge on any atom is 0.277 e. The number of rotatable bonds is 7. The van der Waals surface area contributed by atoms with Crippen LogP contribution < -0.4 is 0 Å². The summed E-state index contributed by atoms with van der Waals surface area (Å²) >= 11 is 7.42. The molecule has 1 aromatic heterocycles. The maximum atomic E-state index is 13.3. The first-order valence-electron chi connectivity index (χ1n) is 9.68. The number of carbonyl (C=O) groups excluding carboxylic acids is 2. The summed E-state index contributed by atoms with van der Waals surface area (Å²) in [6.45, 7) is 0.881. The number of hydrogen-bond donors (Lipinski definition) is 0. The second-order valence-electron chi connectivity index (χ2n) is 7.18. The number of likely N-dealkylation sites (N-methyl/N-ethyl adjacent to an activating group) is 1. The Kier molecular flexibility index (Phi) is 6.02. The highest BCUT2D eigenvalue weighted by atomic mass is 35.5. The summed E-state index contributed by atoms with van der Waals surface area (Å²) in [6, 6.07) is 21.2. The smallest absolute Gasteiger partial charge is 0.277 e. The number of benzene rings is 2. The molecule has 152 valence electrons. The van der Waals surface area contributed by atoms with E-state index in [-0.39, 0.29) is 11.8 Å². The Morgan fingerprint density at radius 1 is 0.900 bits per heavy atom. The summed E-state index contributed by atoms with van der Waals surface area (Å²) in [5.41, 5.74) is 3.06. The van der Waals surface area contributed by atoms with Gasteiger partial charge in [0.05, 0.1) is 5.57 Å². The van der Waals surface area contributed by atoms with Crippen molar-refractivity contribution in [3.05, 3.63) is 98.8 Å². The van der Waals surface area contributed by atoms with Crippen molar-refractivity contribution >= 4 is 40.3 Å². The van der Waals surface area contributed by atoms with Crippen LogP contribution in [-0.4, -0.2) is 35.2 Å². The van der Waals surface area contributed by atoms with Gasteiger partial charge in [0.15, 0.2) is 0 Å². The Morgan fingerprint density at radius 2 is 1.63 bits per heavy atom. The molecule has 0 atom stereocenters. The zero-order chi connectivity index (χ0) is 21.1. The van der Waals surface area contributed by atoms with Gasteiger partial charge in [-0.05, 0) is 41.1 Å². The zero-order valence-corrected chi connectivity index (χ0v) is 18.1. The van der Waals surface area contributed by atoms with Gasteiger partial charge in [-0.3, -0.25) is 14.5 Å². The minimum absolute atomic E-state index is 0.230. The van der Waals surface area contributed by atoms with Crippen LogP contribution in [0, 0.1) is 0 Å². The van der Waals surface area contributed by atoms with Crippen LogP contribution in [-0.2, 0) is 22.6 Å². The highest BCUT2D eigenvalue weighted by Gasteiger charge is 2.40. The van der Waals surface area contributed by atoms with E-state index < -0.39 is 0 Å². The number of amides is 2. The molecule has 0 bridgehead atoms. The van der Waals surface area contributed by atoms with Crippen molar-refractivity contribution in [3.63, 3.8) is 0 Å². The van der Waals surface area contributed by atoms with Crippen molar-refractivity contribution in [2.75, 3.05) is 13.6 Å². The largest absolute Gasteiger partial charge is 0.365 e. The van der Waals surface area contributed by atoms with Crippen molar-refractivity contribution in [2.24, 2.45) is 0 Å². The van der Waals surface area contributed by atoms with E-state index in [9.17, 15) is 9.59 Å². The number of nitrogens with zero attached hydrogens (tertiary/aromatic N) is 2. The fraction of sp³-hybridized carbons (Fsp3) is 0.167. The number of carbonyl (C=O) groups is 2. The summed E-state index contributed by atoms with van der Waals surface area (Å²) in [6.07, 6.45) is 0.585. The Hall–Kier alpha value is -2.89. The zero-order valence-electron chi connectivity index (χ0n) is 16.5. The molecule has 2 amide bonds. The fourth-order valence-corrected chi connectivity index (χ4v) is 4.48. The minimum Gasteiger partial charge on any atom is -0.365 e. The van der Waals surface area contributed by atoms with Crippen molar-refractivity contribution in [2.45, 2.75) is 13.0 Å². The van der Waals surface area contributed by atoms with Gasteiger partial charge in [0.2, 0.25) is 0 Å². The second-order valence-corrected chi connectivity index (χ2v) is 8.57. The molecule has 6 heteroatoms. The van der Waals surface area contributed by atoms with Crippen LogP contribution >= 0.6 is 22.9 Å². The van der Waals surface area contributed by atoms with Gasteiger partial charge in [0, 0.05) is 30.0 Å². The summed E-state index contributed by atoms with van der Waals surface area (Å²) < 4.78 is 0. The van der Waals surface area contributed by atoms with E-state index in [1.807, 2.05) is 84.1 Å². The van der Waals surface area contributed by atoms with E-state index in [0.717, 1.165) is 16.0 Å². The molecule has 4 rings (SSSR count). The van der Waals surface area contributed by atoms with Crippen LogP contribution in [0.3, 0.4) is 0 Å². The maximum absolute atomic E-state index is 13.3. The average molecular weight is 437 g/mol.